The van der Waals surface area contributed by atoms with Crippen LogP contribution < -0.4 is 0 Å². The third-order valence-corrected chi connectivity index (χ3v) is 6.63. The van der Waals surface area contributed by atoms with Gasteiger partial charge in [0.25, 0.3) is 0 Å². The number of esters is 1. The number of thioether (sulfide) groups is 1. The first-order valence-electron chi connectivity index (χ1n) is 9.95. The summed E-state index contributed by atoms with van der Waals surface area (Å²) >= 11 is 11.3. The zero-order chi connectivity index (χ0) is 23.2. The number of aromatic amines is 1. The average molecular weight is 500 g/mol. The van der Waals surface area contributed by atoms with Crippen LogP contribution in [0.1, 0.15) is 45.1 Å². The van der Waals surface area contributed by atoms with E-state index in [1.54, 1.807) is 43.0 Å². The number of benzene rings is 1. The van der Waals surface area contributed by atoms with Crippen molar-refractivity contribution in [3.8, 4) is 0 Å². The van der Waals surface area contributed by atoms with Crippen LogP contribution in [0.3, 0.4) is 0 Å². The minimum atomic E-state index is -3.75. The first kappa shape index (κ1) is 29.1. The molecule has 10 heteroatoms. The molecule has 0 unspecified atom stereocenters. The molecule has 0 amide bonds. The Morgan fingerprint density at radius 3 is 2.20 bits per heavy atom. The Kier molecular flexibility index (Phi) is 15.3. The number of ether oxygens (including phenoxy) is 1. The summed E-state index contributed by atoms with van der Waals surface area (Å²) in [6.45, 7) is 10.8. The van der Waals surface area contributed by atoms with E-state index in [0.29, 0.717) is 24.0 Å². The van der Waals surface area contributed by atoms with E-state index in [9.17, 15) is 13.2 Å². The lowest BCUT2D eigenvalue weighted by Gasteiger charge is -2.25. The number of para-hydroxylation sites is 1. The normalized spacial score (nSPS) is 13.7. The number of aromatic nitrogens is 1. The van der Waals surface area contributed by atoms with Crippen molar-refractivity contribution in [1.29, 1.82) is 0 Å². The zero-order valence-corrected chi connectivity index (χ0v) is 21.3. The molecule has 1 aromatic carbocycles. The van der Waals surface area contributed by atoms with Crippen LogP contribution in [0.2, 0.25) is 0 Å². The van der Waals surface area contributed by atoms with Crippen LogP contribution in [0.25, 0.3) is 10.9 Å². The third kappa shape index (κ3) is 7.64. The summed E-state index contributed by atoms with van der Waals surface area (Å²) in [4.78, 5) is 15.2. The number of hydrogen-bond donors (Lipinski definition) is 1. The van der Waals surface area contributed by atoms with Gasteiger partial charge in [0.2, 0.25) is 10.0 Å². The second-order valence-corrected chi connectivity index (χ2v) is 9.12. The summed E-state index contributed by atoms with van der Waals surface area (Å²) in [6, 6.07) is 7.02. The molecule has 172 valence electrons. The Bertz CT molecular complexity index is 852. The molecule has 6 nitrogen and oxygen atoms in total. The maximum atomic E-state index is 13.1. The second kappa shape index (κ2) is 15.8. The monoisotopic (exact) mass is 498 g/mol. The molecule has 1 aromatic heterocycles. The van der Waals surface area contributed by atoms with Gasteiger partial charge in [-0.3, -0.25) is 0 Å². The van der Waals surface area contributed by atoms with Crippen molar-refractivity contribution in [3.05, 3.63) is 30.0 Å². The van der Waals surface area contributed by atoms with Gasteiger partial charge in [0.15, 0.2) is 0 Å². The molecular weight excluding hydrogens is 467 g/mol. The van der Waals surface area contributed by atoms with Crippen LogP contribution in [-0.4, -0.2) is 60.2 Å². The Morgan fingerprint density at radius 1 is 1.13 bits per heavy atom. The molecule has 1 aliphatic heterocycles. The fourth-order valence-corrected chi connectivity index (χ4v) is 5.55. The van der Waals surface area contributed by atoms with Gasteiger partial charge in [0.1, 0.15) is 10.6 Å². The molecule has 2 heterocycles. The number of rotatable bonds is 4. The SMILES string of the molecule is CC.CC.CCOC(=O)c1[nH]c2ccccc2c1S(=O)(=O)N1CCSCC1.ClCCl. The highest BCUT2D eigenvalue weighted by atomic mass is 35.5. The Labute approximate surface area is 194 Å². The van der Waals surface area contributed by atoms with E-state index in [1.165, 1.54) is 4.31 Å². The number of nitrogens with zero attached hydrogens (tertiary/aromatic N) is 1. The fourth-order valence-electron chi connectivity index (χ4n) is 2.65. The lowest BCUT2D eigenvalue weighted by molar-refractivity contribution is 0.0516. The number of alkyl halides is 2. The highest BCUT2D eigenvalue weighted by molar-refractivity contribution is 7.99. The topological polar surface area (TPSA) is 79.5 Å². The summed E-state index contributed by atoms with van der Waals surface area (Å²) in [5.41, 5.74) is 0.617. The number of fused-ring (bicyclic) bond motifs is 1. The maximum Gasteiger partial charge on any atom is 0.356 e. The molecule has 0 radical (unpaired) electrons. The van der Waals surface area contributed by atoms with Crippen molar-refractivity contribution in [2.45, 2.75) is 39.5 Å². The van der Waals surface area contributed by atoms with Crippen LogP contribution in [0.15, 0.2) is 29.2 Å². The van der Waals surface area contributed by atoms with Gasteiger partial charge in [0, 0.05) is 35.5 Å². The molecule has 1 N–H and O–H groups in total. The molecule has 0 spiro atoms. The Hall–Kier alpha value is -0.930. The zero-order valence-electron chi connectivity index (χ0n) is 18.2. The molecular formula is C20H32Cl2N2O4S2. The average Bonchev–Trinajstić information content (AvgIpc) is 3.19. The van der Waals surface area contributed by atoms with Crippen molar-refractivity contribution in [1.82, 2.24) is 9.29 Å². The van der Waals surface area contributed by atoms with Gasteiger partial charge in [-0.2, -0.15) is 16.1 Å². The summed E-state index contributed by atoms with van der Waals surface area (Å²) in [6.07, 6.45) is 0. The second-order valence-electron chi connectivity index (χ2n) is 5.21. The molecule has 0 saturated carbocycles. The van der Waals surface area contributed by atoms with E-state index in [1.807, 2.05) is 27.7 Å². The van der Waals surface area contributed by atoms with E-state index >= 15 is 0 Å². The summed E-state index contributed by atoms with van der Waals surface area (Å²) in [5.74, 6) is 0.876. The Morgan fingerprint density at radius 2 is 1.67 bits per heavy atom. The van der Waals surface area contributed by atoms with Crippen LogP contribution in [-0.2, 0) is 14.8 Å². The molecule has 0 bridgehead atoms. The van der Waals surface area contributed by atoms with Gasteiger partial charge >= 0.3 is 5.97 Å². The Balaban J connectivity index is 0.00000108. The highest BCUT2D eigenvalue weighted by Gasteiger charge is 2.34. The van der Waals surface area contributed by atoms with Gasteiger partial charge in [-0.1, -0.05) is 45.9 Å². The standard InChI is InChI=1S/C15H18N2O4S2.2C2H6.CH2Cl2/c1-2-21-15(18)13-14(11-5-3-4-6-12(11)16-13)23(19,20)17-7-9-22-10-8-17;2*1-2;2-1-3/h3-6,16H,2,7-10H2,1H3;2*1-2H3;1H2. The smallest absolute Gasteiger partial charge is 0.356 e. The molecule has 3 rings (SSSR count). The van der Waals surface area contributed by atoms with Gasteiger partial charge < -0.3 is 9.72 Å². The van der Waals surface area contributed by atoms with Crippen LogP contribution in [0, 0.1) is 0 Å². The number of hydrogen-bond acceptors (Lipinski definition) is 5. The van der Waals surface area contributed by atoms with Crippen molar-refractivity contribution in [2.75, 3.05) is 36.5 Å². The number of carbonyl (C=O) groups excluding carboxylic acids is 1. The number of sulfonamides is 1. The van der Waals surface area contributed by atoms with Crippen LogP contribution in [0.4, 0.5) is 0 Å². The van der Waals surface area contributed by atoms with Crippen LogP contribution >= 0.6 is 35.0 Å². The first-order valence-corrected chi connectivity index (χ1v) is 13.6. The van der Waals surface area contributed by atoms with Crippen molar-refractivity contribution in [2.24, 2.45) is 0 Å². The molecule has 1 aliphatic rings. The first-order chi connectivity index (χ1) is 14.5. The predicted octanol–water partition coefficient (Wildman–Crippen LogP) is 5.56. The van der Waals surface area contributed by atoms with E-state index in [-0.39, 0.29) is 22.5 Å². The van der Waals surface area contributed by atoms with E-state index in [0.717, 1.165) is 11.5 Å². The number of carbonyl (C=O) groups is 1. The molecule has 0 aliphatic carbocycles. The van der Waals surface area contributed by atoms with Gasteiger partial charge in [-0.05, 0) is 13.0 Å². The van der Waals surface area contributed by atoms with E-state index < -0.39 is 16.0 Å². The van der Waals surface area contributed by atoms with Crippen molar-refractivity contribution >= 4 is 61.9 Å². The minimum Gasteiger partial charge on any atom is -0.461 e. The summed E-state index contributed by atoms with van der Waals surface area (Å²) in [7, 11) is -3.75. The number of nitrogens with one attached hydrogen (secondary N) is 1. The van der Waals surface area contributed by atoms with Crippen molar-refractivity contribution < 1.29 is 17.9 Å². The fraction of sp³-hybridized carbons (Fsp3) is 0.550. The predicted molar refractivity (Wildman–Crippen MR) is 130 cm³/mol. The summed E-state index contributed by atoms with van der Waals surface area (Å²) in [5, 5.41) is 0.716. The van der Waals surface area contributed by atoms with Gasteiger partial charge in [-0.25, -0.2) is 13.2 Å². The lowest BCUT2D eigenvalue weighted by Crippen LogP contribution is -2.38. The van der Waals surface area contributed by atoms with E-state index in [2.05, 4.69) is 4.98 Å². The number of halogens is 2. The molecule has 30 heavy (non-hydrogen) atoms. The molecule has 2 aromatic rings. The van der Waals surface area contributed by atoms with E-state index in [4.69, 9.17) is 27.9 Å². The van der Waals surface area contributed by atoms with Gasteiger partial charge in [-0.15, -0.1) is 23.2 Å². The molecule has 1 fully saturated rings. The quantitative estimate of drug-likeness (QED) is 0.440. The minimum absolute atomic E-state index is 0.00581. The van der Waals surface area contributed by atoms with Gasteiger partial charge in [0.05, 0.1) is 11.9 Å². The molecule has 0 atom stereocenters. The molecule has 1 saturated heterocycles. The largest absolute Gasteiger partial charge is 0.461 e. The highest BCUT2D eigenvalue weighted by Crippen LogP contribution is 2.31. The number of H-pyrrole nitrogens is 1. The van der Waals surface area contributed by atoms with Crippen LogP contribution in [0.5, 0.6) is 0 Å². The summed E-state index contributed by atoms with van der Waals surface area (Å²) < 4.78 is 32.6. The van der Waals surface area contributed by atoms with Crippen molar-refractivity contribution in [3.63, 3.8) is 0 Å². The maximum absolute atomic E-state index is 13.1. The lowest BCUT2D eigenvalue weighted by atomic mass is 10.2. The third-order valence-electron chi connectivity index (χ3n) is 3.71.